The zero-order chi connectivity index (χ0) is 13.0. The molecule has 0 aromatic heterocycles. The molecule has 2 aliphatic rings. The third-order valence-corrected chi connectivity index (χ3v) is 5.12. The Bertz CT molecular complexity index is 231. The van der Waals surface area contributed by atoms with Crippen molar-refractivity contribution in [3.05, 3.63) is 0 Å². The second-order valence-electron chi connectivity index (χ2n) is 6.74. The van der Waals surface area contributed by atoms with Gasteiger partial charge in [0.2, 0.25) is 0 Å². The smallest absolute Gasteiger partial charge is 0.0111 e. The molecule has 2 nitrogen and oxygen atoms in total. The summed E-state index contributed by atoms with van der Waals surface area (Å²) in [7, 11) is 0. The number of hydrogen-bond donors (Lipinski definition) is 1. The van der Waals surface area contributed by atoms with Crippen LogP contribution < -0.4 is 5.32 Å². The lowest BCUT2D eigenvalue weighted by atomic mass is 9.86. The van der Waals surface area contributed by atoms with E-state index < -0.39 is 0 Å². The summed E-state index contributed by atoms with van der Waals surface area (Å²) in [4.78, 5) is 2.78. The highest BCUT2D eigenvalue weighted by atomic mass is 15.2. The van der Waals surface area contributed by atoms with E-state index in [1.807, 2.05) is 0 Å². The van der Waals surface area contributed by atoms with Gasteiger partial charge in [-0.15, -0.1) is 0 Å². The zero-order valence-corrected chi connectivity index (χ0v) is 12.6. The molecule has 1 aliphatic carbocycles. The van der Waals surface area contributed by atoms with Crippen LogP contribution in [0.15, 0.2) is 0 Å². The first-order valence-corrected chi connectivity index (χ1v) is 8.18. The average Bonchev–Trinajstić information content (AvgIpc) is 2.85. The molecule has 2 heteroatoms. The molecule has 2 fully saturated rings. The molecule has 0 radical (unpaired) electrons. The van der Waals surface area contributed by atoms with Gasteiger partial charge in [-0.05, 0) is 70.0 Å². The number of hydrogen-bond acceptors (Lipinski definition) is 2. The molecule has 0 bridgehead atoms. The van der Waals surface area contributed by atoms with Crippen LogP contribution in [-0.4, -0.2) is 36.6 Å². The van der Waals surface area contributed by atoms with E-state index in [4.69, 9.17) is 0 Å². The van der Waals surface area contributed by atoms with Crippen molar-refractivity contribution in [3.63, 3.8) is 0 Å². The predicted molar refractivity (Wildman–Crippen MR) is 78.9 cm³/mol. The van der Waals surface area contributed by atoms with E-state index in [0.29, 0.717) is 0 Å². The molecule has 1 aliphatic heterocycles. The second kappa shape index (κ2) is 6.91. The lowest BCUT2D eigenvalue weighted by Gasteiger charge is -2.37. The van der Waals surface area contributed by atoms with Crippen LogP contribution in [0.4, 0.5) is 0 Å². The molecule has 18 heavy (non-hydrogen) atoms. The highest BCUT2D eigenvalue weighted by Gasteiger charge is 2.31. The fraction of sp³-hybridized carbons (Fsp3) is 1.00. The molecular formula is C16H32N2. The minimum absolute atomic E-state index is 0.803. The summed E-state index contributed by atoms with van der Waals surface area (Å²) in [5.41, 5.74) is 0. The van der Waals surface area contributed by atoms with Crippen LogP contribution >= 0.6 is 0 Å². The molecule has 0 amide bonds. The third kappa shape index (κ3) is 3.71. The van der Waals surface area contributed by atoms with E-state index in [-0.39, 0.29) is 0 Å². The molecule has 1 heterocycles. The summed E-state index contributed by atoms with van der Waals surface area (Å²) in [6, 6.07) is 1.69. The van der Waals surface area contributed by atoms with Gasteiger partial charge in [0.05, 0.1) is 0 Å². The maximum atomic E-state index is 3.70. The van der Waals surface area contributed by atoms with Crippen molar-refractivity contribution in [1.82, 2.24) is 10.2 Å². The molecule has 2 atom stereocenters. The lowest BCUT2D eigenvalue weighted by Crippen LogP contribution is -2.42. The van der Waals surface area contributed by atoms with Crippen molar-refractivity contribution in [1.29, 1.82) is 0 Å². The van der Waals surface area contributed by atoms with Gasteiger partial charge in [-0.3, -0.25) is 0 Å². The molecule has 1 saturated heterocycles. The highest BCUT2D eigenvalue weighted by Crippen LogP contribution is 2.30. The minimum Gasteiger partial charge on any atom is -0.314 e. The fourth-order valence-corrected chi connectivity index (χ4v) is 3.77. The minimum atomic E-state index is 0.803. The maximum Gasteiger partial charge on any atom is 0.0111 e. The third-order valence-electron chi connectivity index (χ3n) is 5.12. The molecular weight excluding hydrogens is 220 g/mol. The van der Waals surface area contributed by atoms with Crippen LogP contribution in [0.5, 0.6) is 0 Å². The van der Waals surface area contributed by atoms with E-state index in [1.54, 1.807) is 0 Å². The first-order chi connectivity index (χ1) is 8.70. The van der Waals surface area contributed by atoms with E-state index >= 15 is 0 Å². The summed E-state index contributed by atoms with van der Waals surface area (Å²) < 4.78 is 0. The molecule has 2 rings (SSSR count). The average molecular weight is 252 g/mol. The van der Waals surface area contributed by atoms with Crippen molar-refractivity contribution >= 4 is 0 Å². The summed E-state index contributed by atoms with van der Waals surface area (Å²) in [5.74, 6) is 1.87. The monoisotopic (exact) mass is 252 g/mol. The van der Waals surface area contributed by atoms with Crippen LogP contribution in [0.2, 0.25) is 0 Å². The second-order valence-corrected chi connectivity index (χ2v) is 6.74. The highest BCUT2D eigenvalue weighted by molar-refractivity contribution is 4.88. The van der Waals surface area contributed by atoms with Gasteiger partial charge >= 0.3 is 0 Å². The van der Waals surface area contributed by atoms with Gasteiger partial charge < -0.3 is 10.2 Å². The van der Waals surface area contributed by atoms with Crippen LogP contribution in [-0.2, 0) is 0 Å². The predicted octanol–water partition coefficient (Wildman–Crippen LogP) is 3.28. The van der Waals surface area contributed by atoms with Crippen molar-refractivity contribution in [2.45, 2.75) is 71.4 Å². The van der Waals surface area contributed by atoms with Crippen molar-refractivity contribution in [3.8, 4) is 0 Å². The molecule has 0 spiro atoms. The molecule has 106 valence electrons. The van der Waals surface area contributed by atoms with Gasteiger partial charge in [0.25, 0.3) is 0 Å². The topological polar surface area (TPSA) is 15.3 Å². The maximum absolute atomic E-state index is 3.70. The molecule has 0 aromatic carbocycles. The van der Waals surface area contributed by atoms with Gasteiger partial charge in [0.1, 0.15) is 0 Å². The van der Waals surface area contributed by atoms with E-state index in [1.165, 1.54) is 58.2 Å². The molecule has 1 N–H and O–H groups in total. The lowest BCUT2D eigenvalue weighted by molar-refractivity contribution is 0.115. The number of likely N-dealkylation sites (tertiary alicyclic amines) is 1. The summed E-state index contributed by atoms with van der Waals surface area (Å²) in [6.07, 6.45) is 8.35. The first kappa shape index (κ1) is 14.3. The van der Waals surface area contributed by atoms with Crippen molar-refractivity contribution in [2.24, 2.45) is 11.8 Å². The van der Waals surface area contributed by atoms with Gasteiger partial charge in [0.15, 0.2) is 0 Å². The van der Waals surface area contributed by atoms with Crippen molar-refractivity contribution < 1.29 is 0 Å². The van der Waals surface area contributed by atoms with Crippen LogP contribution in [0.1, 0.15) is 59.3 Å². The van der Waals surface area contributed by atoms with E-state index in [9.17, 15) is 0 Å². The Balaban J connectivity index is 1.71. The number of nitrogens with one attached hydrogen (secondary N) is 1. The molecule has 0 aromatic rings. The quantitative estimate of drug-likeness (QED) is 0.808. The first-order valence-electron chi connectivity index (χ1n) is 8.18. The van der Waals surface area contributed by atoms with Gasteiger partial charge in [0, 0.05) is 12.1 Å². The van der Waals surface area contributed by atoms with Gasteiger partial charge in [-0.25, -0.2) is 0 Å². The SMILES string of the molecule is CCCNC1CCC(N2CCC(C(C)C)CC2)C1. The Morgan fingerprint density at radius 2 is 1.83 bits per heavy atom. The number of rotatable bonds is 5. The Hall–Kier alpha value is -0.0800. The summed E-state index contributed by atoms with van der Waals surface area (Å²) in [6.45, 7) is 11.0. The molecule has 1 saturated carbocycles. The van der Waals surface area contributed by atoms with Crippen LogP contribution in [0.25, 0.3) is 0 Å². The zero-order valence-electron chi connectivity index (χ0n) is 12.6. The largest absolute Gasteiger partial charge is 0.314 e. The molecule has 2 unspecified atom stereocenters. The van der Waals surface area contributed by atoms with Crippen molar-refractivity contribution in [2.75, 3.05) is 19.6 Å². The van der Waals surface area contributed by atoms with Crippen LogP contribution in [0.3, 0.4) is 0 Å². The Labute approximate surface area is 114 Å². The Morgan fingerprint density at radius 3 is 2.44 bits per heavy atom. The fourth-order valence-electron chi connectivity index (χ4n) is 3.77. The number of piperidine rings is 1. The normalized spacial score (nSPS) is 31.3. The van der Waals surface area contributed by atoms with Gasteiger partial charge in [-0.2, -0.15) is 0 Å². The summed E-state index contributed by atoms with van der Waals surface area (Å²) >= 11 is 0. The number of nitrogens with zero attached hydrogens (tertiary/aromatic N) is 1. The summed E-state index contributed by atoms with van der Waals surface area (Å²) in [5, 5.41) is 3.70. The Morgan fingerprint density at radius 1 is 1.11 bits per heavy atom. The van der Waals surface area contributed by atoms with Gasteiger partial charge in [-0.1, -0.05) is 20.8 Å². The van der Waals surface area contributed by atoms with Crippen LogP contribution in [0, 0.1) is 11.8 Å². The van der Waals surface area contributed by atoms with E-state index in [2.05, 4.69) is 31.0 Å². The standard InChI is InChI=1S/C16H32N2/c1-4-9-17-15-5-6-16(12-15)18-10-7-14(8-11-18)13(2)3/h13-17H,4-12H2,1-3H3. The Kier molecular flexibility index (Phi) is 5.50. The van der Waals surface area contributed by atoms with E-state index in [0.717, 1.165) is 23.9 Å².